The van der Waals surface area contributed by atoms with Gasteiger partial charge in [0.2, 0.25) is 10.0 Å². The van der Waals surface area contributed by atoms with E-state index in [2.05, 4.69) is 15.6 Å². The van der Waals surface area contributed by atoms with E-state index in [0.29, 0.717) is 24.0 Å². The van der Waals surface area contributed by atoms with E-state index in [9.17, 15) is 8.42 Å². The van der Waals surface area contributed by atoms with Crippen LogP contribution >= 0.6 is 24.0 Å². The Labute approximate surface area is 174 Å². The third-order valence-electron chi connectivity index (χ3n) is 3.83. The molecular weight excluding hydrogens is 467 g/mol. The van der Waals surface area contributed by atoms with Gasteiger partial charge in [-0.1, -0.05) is 12.1 Å². The van der Waals surface area contributed by atoms with Gasteiger partial charge < -0.3 is 15.4 Å². The second-order valence-electron chi connectivity index (χ2n) is 5.96. The summed E-state index contributed by atoms with van der Waals surface area (Å²) < 4.78 is 31.3. The summed E-state index contributed by atoms with van der Waals surface area (Å²) in [4.78, 5) is 4.45. The molecule has 0 bridgehead atoms. The van der Waals surface area contributed by atoms with Gasteiger partial charge in [-0.2, -0.15) is 4.31 Å². The standard InChI is InChI=1S/C17H30N4O3S.HI/c1-14(2)21(4)25(22,23)16-9-7-15(8-10-16)13-20-17(18-3)19-11-6-12-24-5;/h7-10,14H,6,11-13H2,1-5H3,(H2,18,19,20);1H. The second-order valence-corrected chi connectivity index (χ2v) is 7.96. The Hall–Kier alpha value is -0.910. The number of rotatable bonds is 9. The van der Waals surface area contributed by atoms with Gasteiger partial charge in [0, 0.05) is 46.9 Å². The number of hydrogen-bond donors (Lipinski definition) is 2. The van der Waals surface area contributed by atoms with Crippen LogP contribution in [0.5, 0.6) is 0 Å². The molecular formula is C17H31IN4O3S. The number of methoxy groups -OCH3 is 1. The van der Waals surface area contributed by atoms with Crippen molar-refractivity contribution >= 4 is 40.0 Å². The quantitative estimate of drug-likeness (QED) is 0.236. The zero-order chi connectivity index (χ0) is 18.9. The normalized spacial score (nSPS) is 12.2. The highest BCUT2D eigenvalue weighted by Crippen LogP contribution is 2.17. The van der Waals surface area contributed by atoms with Crippen LogP contribution in [-0.4, -0.2) is 59.1 Å². The van der Waals surface area contributed by atoms with Crippen molar-refractivity contribution in [3.8, 4) is 0 Å². The number of nitrogens with one attached hydrogen (secondary N) is 2. The Balaban J connectivity index is 0.00000625. The molecule has 7 nitrogen and oxygen atoms in total. The predicted molar refractivity (Wildman–Crippen MR) is 117 cm³/mol. The monoisotopic (exact) mass is 498 g/mol. The summed E-state index contributed by atoms with van der Waals surface area (Å²) in [5.74, 6) is 0.701. The largest absolute Gasteiger partial charge is 0.385 e. The van der Waals surface area contributed by atoms with Gasteiger partial charge in [-0.3, -0.25) is 4.99 Å². The van der Waals surface area contributed by atoms with Gasteiger partial charge in [-0.25, -0.2) is 8.42 Å². The van der Waals surface area contributed by atoms with E-state index in [-0.39, 0.29) is 30.0 Å². The van der Waals surface area contributed by atoms with Crippen molar-refractivity contribution in [2.45, 2.75) is 37.8 Å². The van der Waals surface area contributed by atoms with Crippen LogP contribution in [0.1, 0.15) is 25.8 Å². The topological polar surface area (TPSA) is 83.0 Å². The third-order valence-corrected chi connectivity index (χ3v) is 5.88. The van der Waals surface area contributed by atoms with Gasteiger partial charge in [-0.15, -0.1) is 24.0 Å². The van der Waals surface area contributed by atoms with Gasteiger partial charge >= 0.3 is 0 Å². The minimum absolute atomic E-state index is 0. The molecule has 0 fully saturated rings. The van der Waals surface area contributed by atoms with Gasteiger partial charge in [0.1, 0.15) is 0 Å². The van der Waals surface area contributed by atoms with E-state index < -0.39 is 10.0 Å². The molecule has 0 atom stereocenters. The third kappa shape index (κ3) is 7.77. The van der Waals surface area contributed by atoms with Gasteiger partial charge in [-0.05, 0) is 38.0 Å². The van der Waals surface area contributed by atoms with Crippen molar-refractivity contribution in [1.82, 2.24) is 14.9 Å². The zero-order valence-electron chi connectivity index (χ0n) is 16.2. The average molecular weight is 498 g/mol. The maximum Gasteiger partial charge on any atom is 0.243 e. The van der Waals surface area contributed by atoms with Crippen molar-refractivity contribution in [2.24, 2.45) is 4.99 Å². The maximum atomic E-state index is 12.4. The minimum atomic E-state index is -3.44. The lowest BCUT2D eigenvalue weighted by molar-refractivity contribution is 0.195. The number of ether oxygens (including phenoxy) is 1. The first kappa shape index (κ1) is 25.1. The Morgan fingerprint density at radius 3 is 2.35 bits per heavy atom. The molecule has 150 valence electrons. The first-order valence-corrected chi connectivity index (χ1v) is 9.77. The number of benzene rings is 1. The molecule has 0 amide bonds. The number of hydrogen-bond acceptors (Lipinski definition) is 4. The highest BCUT2D eigenvalue weighted by Gasteiger charge is 2.22. The smallest absolute Gasteiger partial charge is 0.243 e. The van der Waals surface area contributed by atoms with E-state index in [1.165, 1.54) is 4.31 Å². The second kappa shape index (κ2) is 12.5. The molecule has 0 saturated carbocycles. The first-order valence-electron chi connectivity index (χ1n) is 8.33. The molecule has 1 rings (SSSR count). The molecule has 0 aromatic heterocycles. The van der Waals surface area contributed by atoms with Crippen LogP contribution in [0.15, 0.2) is 34.2 Å². The highest BCUT2D eigenvalue weighted by atomic mass is 127. The lowest BCUT2D eigenvalue weighted by atomic mass is 10.2. The van der Waals surface area contributed by atoms with Crippen LogP contribution in [-0.2, 0) is 21.3 Å². The molecule has 0 aliphatic heterocycles. The summed E-state index contributed by atoms with van der Waals surface area (Å²) in [7, 11) is 1.54. The maximum absolute atomic E-state index is 12.4. The Bertz CT molecular complexity index is 648. The minimum Gasteiger partial charge on any atom is -0.385 e. The summed E-state index contributed by atoms with van der Waals surface area (Å²) in [6.45, 7) is 5.73. The summed E-state index contributed by atoms with van der Waals surface area (Å²) in [5, 5.41) is 6.39. The van der Waals surface area contributed by atoms with Crippen LogP contribution in [0.3, 0.4) is 0 Å². The molecule has 0 saturated heterocycles. The molecule has 0 heterocycles. The van der Waals surface area contributed by atoms with Crippen molar-refractivity contribution in [2.75, 3.05) is 34.4 Å². The zero-order valence-corrected chi connectivity index (χ0v) is 19.3. The van der Waals surface area contributed by atoms with Gasteiger partial charge in [0.05, 0.1) is 4.90 Å². The molecule has 1 aromatic carbocycles. The van der Waals surface area contributed by atoms with E-state index in [1.807, 2.05) is 26.0 Å². The molecule has 0 aliphatic carbocycles. The molecule has 0 radical (unpaired) electrons. The van der Waals surface area contributed by atoms with Crippen molar-refractivity contribution in [3.05, 3.63) is 29.8 Å². The molecule has 2 N–H and O–H groups in total. The van der Waals surface area contributed by atoms with Crippen LogP contribution in [0.2, 0.25) is 0 Å². The van der Waals surface area contributed by atoms with E-state index in [4.69, 9.17) is 4.74 Å². The number of sulfonamides is 1. The summed E-state index contributed by atoms with van der Waals surface area (Å²) in [5.41, 5.74) is 0.978. The van der Waals surface area contributed by atoms with Crippen LogP contribution in [0.4, 0.5) is 0 Å². The van der Waals surface area contributed by atoms with Crippen LogP contribution in [0, 0.1) is 0 Å². The van der Waals surface area contributed by atoms with E-state index >= 15 is 0 Å². The molecule has 1 aromatic rings. The Morgan fingerprint density at radius 1 is 1.23 bits per heavy atom. The number of aliphatic imine (C=N–C) groups is 1. The number of halogens is 1. The lowest BCUT2D eigenvalue weighted by Gasteiger charge is -2.21. The highest BCUT2D eigenvalue weighted by molar-refractivity contribution is 14.0. The average Bonchev–Trinajstić information content (AvgIpc) is 2.60. The molecule has 0 aliphatic rings. The van der Waals surface area contributed by atoms with Crippen LogP contribution in [0.25, 0.3) is 0 Å². The fourth-order valence-corrected chi connectivity index (χ4v) is 3.42. The summed E-state index contributed by atoms with van der Waals surface area (Å²) in [6.07, 6.45) is 0.896. The van der Waals surface area contributed by atoms with Crippen LogP contribution < -0.4 is 10.6 Å². The SMILES string of the molecule is CN=C(NCCCOC)NCc1ccc(S(=O)(=O)N(C)C(C)C)cc1.I. The lowest BCUT2D eigenvalue weighted by Crippen LogP contribution is -2.37. The van der Waals surface area contributed by atoms with Crippen molar-refractivity contribution in [3.63, 3.8) is 0 Å². The fourth-order valence-electron chi connectivity index (χ4n) is 2.05. The first-order chi connectivity index (χ1) is 11.8. The van der Waals surface area contributed by atoms with Gasteiger partial charge in [0.15, 0.2) is 5.96 Å². The Kier molecular flexibility index (Phi) is 12.0. The molecule has 9 heteroatoms. The van der Waals surface area contributed by atoms with Gasteiger partial charge in [0.25, 0.3) is 0 Å². The molecule has 0 spiro atoms. The number of guanidine groups is 1. The molecule has 26 heavy (non-hydrogen) atoms. The summed E-state index contributed by atoms with van der Waals surface area (Å²) >= 11 is 0. The van der Waals surface area contributed by atoms with E-state index in [1.54, 1.807) is 33.3 Å². The predicted octanol–water partition coefficient (Wildman–Crippen LogP) is 2.03. The fraction of sp³-hybridized carbons (Fsp3) is 0.588. The van der Waals surface area contributed by atoms with Crippen molar-refractivity contribution in [1.29, 1.82) is 0 Å². The Morgan fingerprint density at radius 2 is 1.85 bits per heavy atom. The summed E-state index contributed by atoms with van der Waals surface area (Å²) in [6, 6.07) is 6.82. The number of nitrogens with zero attached hydrogens (tertiary/aromatic N) is 2. The molecule has 0 unspecified atom stereocenters. The van der Waals surface area contributed by atoms with E-state index in [0.717, 1.165) is 18.5 Å². The van der Waals surface area contributed by atoms with Crippen molar-refractivity contribution < 1.29 is 13.2 Å².